The maximum atomic E-state index is 13.1. The third kappa shape index (κ3) is 5.11. The van der Waals surface area contributed by atoms with Crippen LogP contribution in [0, 0.1) is 0 Å². The first kappa shape index (κ1) is 23.3. The molecule has 1 saturated carbocycles. The van der Waals surface area contributed by atoms with Gasteiger partial charge in [-0.05, 0) is 56.9 Å². The number of piperazine rings is 1. The first-order valence-electron chi connectivity index (χ1n) is 12.5. The van der Waals surface area contributed by atoms with Crippen LogP contribution in [0.3, 0.4) is 0 Å². The second-order valence-corrected chi connectivity index (χ2v) is 10.6. The molecule has 1 aromatic heterocycles. The molecule has 3 aliphatic rings. The van der Waals surface area contributed by atoms with Crippen LogP contribution >= 0.6 is 11.8 Å². The number of aromatic nitrogens is 2. The van der Waals surface area contributed by atoms with E-state index in [0.717, 1.165) is 49.8 Å². The van der Waals surface area contributed by atoms with Gasteiger partial charge in [0.05, 0.1) is 12.4 Å². The van der Waals surface area contributed by atoms with Crippen molar-refractivity contribution in [1.29, 1.82) is 0 Å². The highest BCUT2D eigenvalue weighted by Gasteiger charge is 2.42. The molecule has 1 spiro atoms. The highest BCUT2D eigenvalue weighted by Crippen LogP contribution is 2.51. The van der Waals surface area contributed by atoms with Gasteiger partial charge in [0.2, 0.25) is 11.9 Å². The Hall–Kier alpha value is -2.48. The molecule has 1 saturated heterocycles. The molecule has 2 fully saturated rings. The number of fused-ring (bicyclic) bond motifs is 1. The Morgan fingerprint density at radius 1 is 1.15 bits per heavy atom. The molecule has 8 heteroatoms. The maximum Gasteiger partial charge on any atom is 0.232 e. The van der Waals surface area contributed by atoms with E-state index in [1.165, 1.54) is 24.8 Å². The number of amides is 1. The number of rotatable bonds is 6. The fourth-order valence-corrected chi connectivity index (χ4v) is 6.69. The second kappa shape index (κ2) is 10.4. The Kier molecular flexibility index (Phi) is 7.13. The maximum absolute atomic E-state index is 13.1. The Balaban J connectivity index is 1.24. The topological polar surface area (TPSA) is 67.8 Å². The summed E-state index contributed by atoms with van der Waals surface area (Å²) >= 11 is 1.77. The zero-order chi connectivity index (χ0) is 23.4. The van der Waals surface area contributed by atoms with Crippen LogP contribution in [-0.4, -0.2) is 64.9 Å². The summed E-state index contributed by atoms with van der Waals surface area (Å²) in [7, 11) is 0. The number of ether oxygens (including phenoxy) is 2. The van der Waals surface area contributed by atoms with Crippen LogP contribution in [0.4, 0.5) is 5.95 Å². The van der Waals surface area contributed by atoms with E-state index >= 15 is 0 Å². The predicted molar refractivity (Wildman–Crippen MR) is 135 cm³/mol. The summed E-state index contributed by atoms with van der Waals surface area (Å²) in [6.07, 6.45) is 10.4. The summed E-state index contributed by atoms with van der Waals surface area (Å²) < 4.78 is 12.4. The first-order valence-corrected chi connectivity index (χ1v) is 13.6. The molecule has 1 aromatic carbocycles. The third-order valence-electron chi connectivity index (χ3n) is 7.16. The molecule has 2 aliphatic heterocycles. The molecule has 0 radical (unpaired) electrons. The SMILES string of the molecule is CCOc1ccc2c(c1)C(SCC(=O)N1CCN(c3ncccn3)CC1)CC1(CCCCC1)O2. The van der Waals surface area contributed by atoms with E-state index in [1.54, 1.807) is 24.2 Å². The van der Waals surface area contributed by atoms with Crippen molar-refractivity contribution in [1.82, 2.24) is 14.9 Å². The zero-order valence-electron chi connectivity index (χ0n) is 19.9. The van der Waals surface area contributed by atoms with Crippen molar-refractivity contribution in [2.24, 2.45) is 0 Å². The largest absolute Gasteiger partial charge is 0.494 e. The average molecular weight is 483 g/mol. The van der Waals surface area contributed by atoms with Crippen molar-refractivity contribution >= 4 is 23.6 Å². The van der Waals surface area contributed by atoms with E-state index in [9.17, 15) is 4.79 Å². The summed E-state index contributed by atoms with van der Waals surface area (Å²) in [5.74, 6) is 3.29. The molecule has 1 aliphatic carbocycles. The minimum atomic E-state index is -0.0829. The van der Waals surface area contributed by atoms with Gasteiger partial charge in [0.15, 0.2) is 0 Å². The minimum Gasteiger partial charge on any atom is -0.494 e. The fourth-order valence-electron chi connectivity index (χ4n) is 5.37. The van der Waals surface area contributed by atoms with Gasteiger partial charge in [0, 0.05) is 55.8 Å². The van der Waals surface area contributed by atoms with Crippen LogP contribution in [-0.2, 0) is 4.79 Å². The number of anilines is 1. The minimum absolute atomic E-state index is 0.0829. The molecule has 34 heavy (non-hydrogen) atoms. The van der Waals surface area contributed by atoms with Gasteiger partial charge in [-0.15, -0.1) is 11.8 Å². The molecule has 1 atom stereocenters. The smallest absolute Gasteiger partial charge is 0.232 e. The summed E-state index contributed by atoms with van der Waals surface area (Å²) in [6, 6.07) is 8.02. The quantitative estimate of drug-likeness (QED) is 0.601. The normalized spacial score (nSPS) is 21.6. The van der Waals surface area contributed by atoms with Crippen LogP contribution in [0.25, 0.3) is 0 Å². The average Bonchev–Trinajstić information content (AvgIpc) is 2.88. The Labute approximate surface area is 206 Å². The highest BCUT2D eigenvalue weighted by atomic mass is 32.2. The molecular formula is C26H34N4O3S. The van der Waals surface area contributed by atoms with Gasteiger partial charge >= 0.3 is 0 Å². The van der Waals surface area contributed by atoms with Gasteiger partial charge in [-0.1, -0.05) is 6.42 Å². The lowest BCUT2D eigenvalue weighted by molar-refractivity contribution is -0.128. The molecule has 2 aromatic rings. The molecule has 7 nitrogen and oxygen atoms in total. The zero-order valence-corrected chi connectivity index (χ0v) is 20.8. The molecule has 1 unspecified atom stereocenters. The van der Waals surface area contributed by atoms with Crippen LogP contribution in [0.1, 0.15) is 56.3 Å². The lowest BCUT2D eigenvalue weighted by Gasteiger charge is -2.44. The number of carbonyl (C=O) groups excluding carboxylic acids is 1. The van der Waals surface area contributed by atoms with E-state index in [2.05, 4.69) is 27.0 Å². The summed E-state index contributed by atoms with van der Waals surface area (Å²) in [5.41, 5.74) is 1.09. The molecule has 3 heterocycles. The molecular weight excluding hydrogens is 448 g/mol. The second-order valence-electron chi connectivity index (χ2n) is 9.40. The summed E-state index contributed by atoms with van der Waals surface area (Å²) in [5, 5.41) is 0.241. The van der Waals surface area contributed by atoms with Gasteiger partial charge in [0.25, 0.3) is 0 Å². The number of benzene rings is 1. The number of thioether (sulfide) groups is 1. The van der Waals surface area contributed by atoms with Crippen molar-refractivity contribution in [3.05, 3.63) is 42.2 Å². The van der Waals surface area contributed by atoms with Gasteiger partial charge in [0.1, 0.15) is 17.1 Å². The van der Waals surface area contributed by atoms with E-state index in [4.69, 9.17) is 9.47 Å². The van der Waals surface area contributed by atoms with Gasteiger partial charge < -0.3 is 19.3 Å². The molecule has 0 N–H and O–H groups in total. The number of carbonyl (C=O) groups is 1. The molecule has 0 bridgehead atoms. The van der Waals surface area contributed by atoms with Crippen molar-refractivity contribution in [3.63, 3.8) is 0 Å². The highest BCUT2D eigenvalue weighted by molar-refractivity contribution is 8.00. The van der Waals surface area contributed by atoms with Crippen molar-refractivity contribution in [2.45, 2.75) is 56.3 Å². The van der Waals surface area contributed by atoms with Gasteiger partial charge in [-0.3, -0.25) is 4.79 Å². The van der Waals surface area contributed by atoms with Crippen LogP contribution in [0.15, 0.2) is 36.7 Å². The van der Waals surface area contributed by atoms with Crippen LogP contribution in [0.2, 0.25) is 0 Å². The lowest BCUT2D eigenvalue weighted by atomic mass is 9.78. The predicted octanol–water partition coefficient (Wildman–Crippen LogP) is 4.48. The molecule has 182 valence electrons. The Morgan fingerprint density at radius 2 is 1.91 bits per heavy atom. The lowest BCUT2D eigenvalue weighted by Crippen LogP contribution is -2.50. The van der Waals surface area contributed by atoms with Crippen LogP contribution < -0.4 is 14.4 Å². The standard InChI is InChI=1S/C26H34N4O3S/c1-2-32-20-7-8-22-21(17-20)23(18-26(33-22)9-4-3-5-10-26)34-19-24(31)29-13-15-30(16-14-29)25-27-11-6-12-28-25/h6-8,11-12,17,23H,2-5,9-10,13-16,18-19H2,1H3. The van der Waals surface area contributed by atoms with E-state index < -0.39 is 0 Å². The monoisotopic (exact) mass is 482 g/mol. The van der Waals surface area contributed by atoms with Crippen LogP contribution in [0.5, 0.6) is 11.5 Å². The fraction of sp³-hybridized carbons (Fsp3) is 0.577. The summed E-state index contributed by atoms with van der Waals surface area (Å²) in [6.45, 7) is 5.59. The number of hydrogen-bond donors (Lipinski definition) is 0. The Morgan fingerprint density at radius 3 is 2.65 bits per heavy atom. The van der Waals surface area contributed by atoms with Crippen molar-refractivity contribution in [3.8, 4) is 11.5 Å². The molecule has 5 rings (SSSR count). The van der Waals surface area contributed by atoms with E-state index in [0.29, 0.717) is 25.4 Å². The van der Waals surface area contributed by atoms with E-state index in [-0.39, 0.29) is 16.8 Å². The molecule has 1 amide bonds. The van der Waals surface area contributed by atoms with Crippen molar-refractivity contribution in [2.75, 3.05) is 43.4 Å². The summed E-state index contributed by atoms with van der Waals surface area (Å²) in [4.78, 5) is 25.9. The first-order chi connectivity index (χ1) is 16.7. The van der Waals surface area contributed by atoms with Gasteiger partial charge in [-0.25, -0.2) is 9.97 Å². The Bertz CT molecular complexity index is 975. The van der Waals surface area contributed by atoms with Gasteiger partial charge in [-0.2, -0.15) is 0 Å². The number of nitrogens with zero attached hydrogens (tertiary/aromatic N) is 4. The number of hydrogen-bond acceptors (Lipinski definition) is 7. The van der Waals surface area contributed by atoms with E-state index in [1.807, 2.05) is 24.0 Å². The third-order valence-corrected chi connectivity index (χ3v) is 8.40. The van der Waals surface area contributed by atoms with Crippen molar-refractivity contribution < 1.29 is 14.3 Å².